The highest BCUT2D eigenvalue weighted by molar-refractivity contribution is 8.15. The minimum Gasteiger partial charge on any atom is -0.453 e. The van der Waals surface area contributed by atoms with Crippen molar-refractivity contribution in [2.45, 2.75) is 45.1 Å². The number of alkyl carbamates (subject to hydrolysis) is 1. The zero-order valence-electron chi connectivity index (χ0n) is 26.4. The molecule has 0 spiro atoms. The van der Waals surface area contributed by atoms with Crippen LogP contribution in [0.3, 0.4) is 0 Å². The summed E-state index contributed by atoms with van der Waals surface area (Å²) in [4.78, 5) is 47.9. The van der Waals surface area contributed by atoms with Gasteiger partial charge in [0.05, 0.1) is 24.2 Å². The lowest BCUT2D eigenvalue weighted by atomic mass is 10.1. The Morgan fingerprint density at radius 1 is 1.02 bits per heavy atom. The van der Waals surface area contributed by atoms with E-state index in [1.165, 1.54) is 59.0 Å². The van der Waals surface area contributed by atoms with Crippen LogP contribution in [0.4, 0.5) is 28.4 Å². The summed E-state index contributed by atoms with van der Waals surface area (Å²) in [5.74, 6) is 0.0245. The Balaban J connectivity index is 1.22. The average Bonchev–Trinajstić information content (AvgIpc) is 3.71. The number of nitrogens with zero attached hydrogens (tertiary/aromatic N) is 5. The number of amides is 4. The summed E-state index contributed by atoms with van der Waals surface area (Å²) in [6.45, 7) is 2.05. The molecular weight excluding hydrogens is 663 g/mol. The summed E-state index contributed by atoms with van der Waals surface area (Å²) >= 11 is 1.17. The standard InChI is InChI=1S/C33H32F3N7O5S/c1-3-6-22-7-4-5-8-26(22)43-28(44)19-49-31(43)40-30(45)38-27(39-32(46)47-2)18-11-21-9-12-23(13-10-21)29-37-20-42(41-29)24-14-16-25(17-15-24)48-33(34,35)36/h4-5,7-10,12-17,20,27H,3,6,11,18-19H2,1-2H3,(H,38,45)(H,39,46). The predicted octanol–water partition coefficient (Wildman–Crippen LogP) is 6.25. The van der Waals surface area contributed by atoms with Gasteiger partial charge >= 0.3 is 18.5 Å². The van der Waals surface area contributed by atoms with E-state index in [0.29, 0.717) is 35.6 Å². The maximum atomic E-state index is 13.1. The summed E-state index contributed by atoms with van der Waals surface area (Å²) in [6, 6.07) is 19.3. The molecule has 12 nitrogen and oxygen atoms in total. The Bertz CT molecular complexity index is 1810. The number of amidine groups is 1. The van der Waals surface area contributed by atoms with Crippen molar-refractivity contribution < 1.29 is 37.0 Å². The van der Waals surface area contributed by atoms with Gasteiger partial charge in [-0.3, -0.25) is 9.69 Å². The van der Waals surface area contributed by atoms with E-state index in [9.17, 15) is 27.6 Å². The van der Waals surface area contributed by atoms with Crippen LogP contribution in [0.25, 0.3) is 17.1 Å². The van der Waals surface area contributed by atoms with Gasteiger partial charge in [0.1, 0.15) is 18.2 Å². The van der Waals surface area contributed by atoms with Crippen LogP contribution < -0.4 is 20.3 Å². The van der Waals surface area contributed by atoms with E-state index in [1.807, 2.05) is 55.5 Å². The highest BCUT2D eigenvalue weighted by atomic mass is 32.2. The number of halogens is 3. The van der Waals surface area contributed by atoms with Crippen molar-refractivity contribution in [3.05, 3.63) is 90.3 Å². The number of aliphatic imine (C=N–C) groups is 1. The van der Waals surface area contributed by atoms with Crippen molar-refractivity contribution in [2.75, 3.05) is 17.8 Å². The fourth-order valence-corrected chi connectivity index (χ4v) is 5.85. The Labute approximate surface area is 283 Å². The lowest BCUT2D eigenvalue weighted by Crippen LogP contribution is -2.47. The number of alkyl halides is 3. The van der Waals surface area contributed by atoms with E-state index in [4.69, 9.17) is 4.74 Å². The van der Waals surface area contributed by atoms with Crippen LogP contribution in [0.1, 0.15) is 30.9 Å². The number of aryl methyl sites for hydroxylation is 2. The smallest absolute Gasteiger partial charge is 0.453 e. The van der Waals surface area contributed by atoms with Crippen LogP contribution in [0.2, 0.25) is 0 Å². The van der Waals surface area contributed by atoms with Crippen LogP contribution in [0.5, 0.6) is 5.75 Å². The van der Waals surface area contributed by atoms with Gasteiger partial charge in [-0.25, -0.2) is 19.3 Å². The first-order valence-corrected chi connectivity index (χ1v) is 16.2. The topological polar surface area (TPSA) is 140 Å². The number of carbonyl (C=O) groups is 3. The molecule has 49 heavy (non-hydrogen) atoms. The van der Waals surface area contributed by atoms with Crippen molar-refractivity contribution >= 4 is 40.6 Å². The maximum absolute atomic E-state index is 13.1. The third-order valence-electron chi connectivity index (χ3n) is 7.25. The molecule has 1 aliphatic rings. The number of nitrogens with one attached hydrogen (secondary N) is 2. The van der Waals surface area contributed by atoms with Crippen LogP contribution in [-0.2, 0) is 22.4 Å². The van der Waals surface area contributed by atoms with Gasteiger partial charge < -0.3 is 20.1 Å². The van der Waals surface area contributed by atoms with Gasteiger partial charge in [-0.05, 0) is 60.7 Å². The van der Waals surface area contributed by atoms with Gasteiger partial charge in [0.15, 0.2) is 11.0 Å². The first-order valence-electron chi connectivity index (χ1n) is 15.2. The number of carbonyl (C=O) groups excluding carboxylic acids is 3. The van der Waals surface area contributed by atoms with Gasteiger partial charge in [0, 0.05) is 5.56 Å². The fourth-order valence-electron chi connectivity index (χ4n) is 4.99. The van der Waals surface area contributed by atoms with Gasteiger partial charge in [-0.15, -0.1) is 18.3 Å². The Morgan fingerprint density at radius 3 is 2.45 bits per heavy atom. The molecule has 1 atom stereocenters. The normalized spacial score (nSPS) is 14.5. The maximum Gasteiger partial charge on any atom is 0.573 e. The van der Waals surface area contributed by atoms with E-state index >= 15 is 0 Å². The monoisotopic (exact) mass is 695 g/mol. The molecule has 0 aliphatic carbocycles. The Hall–Kier alpha value is -5.38. The van der Waals surface area contributed by atoms with E-state index in [1.54, 1.807) is 0 Å². The first-order chi connectivity index (χ1) is 23.5. The van der Waals surface area contributed by atoms with Crippen LogP contribution in [-0.4, -0.2) is 63.4 Å². The van der Waals surface area contributed by atoms with Crippen molar-refractivity contribution in [1.82, 2.24) is 25.4 Å². The molecule has 5 rings (SSSR count). The molecule has 0 bridgehead atoms. The Kier molecular flexibility index (Phi) is 11.2. The SMILES string of the molecule is CCCc1ccccc1N1C(=O)CSC1=NC(=O)NC(CCc1ccc(-c2ncn(-c3ccc(OC(F)(F)F)cc3)n2)cc1)NC(=O)OC. The molecule has 1 fully saturated rings. The van der Waals surface area contributed by atoms with E-state index in [-0.39, 0.29) is 22.6 Å². The summed E-state index contributed by atoms with van der Waals surface area (Å²) in [7, 11) is 1.21. The number of methoxy groups -OCH3 is 1. The molecule has 0 saturated carbocycles. The predicted molar refractivity (Wildman–Crippen MR) is 177 cm³/mol. The fraction of sp³-hybridized carbons (Fsp3) is 0.273. The van der Waals surface area contributed by atoms with Crippen molar-refractivity contribution in [2.24, 2.45) is 4.99 Å². The second-order valence-electron chi connectivity index (χ2n) is 10.7. The lowest BCUT2D eigenvalue weighted by molar-refractivity contribution is -0.274. The zero-order chi connectivity index (χ0) is 35.0. The molecular formula is C33H32F3N7O5S. The molecule has 0 radical (unpaired) electrons. The van der Waals surface area contributed by atoms with Crippen LogP contribution in [0, 0.1) is 0 Å². The van der Waals surface area contributed by atoms with E-state index in [2.05, 4.69) is 30.4 Å². The number of rotatable bonds is 11. The highest BCUT2D eigenvalue weighted by Gasteiger charge is 2.32. The van der Waals surface area contributed by atoms with Crippen molar-refractivity contribution in [1.29, 1.82) is 0 Å². The molecule has 4 amide bonds. The number of thioether (sulfide) groups is 1. The number of anilines is 1. The molecule has 256 valence electrons. The van der Waals surface area contributed by atoms with Gasteiger partial charge in [-0.2, -0.15) is 4.99 Å². The zero-order valence-corrected chi connectivity index (χ0v) is 27.3. The molecule has 2 heterocycles. The average molecular weight is 696 g/mol. The number of urea groups is 1. The second kappa shape index (κ2) is 15.7. The minimum absolute atomic E-state index is 0.149. The van der Waals surface area contributed by atoms with Gasteiger partial charge in [-0.1, -0.05) is 67.6 Å². The number of benzene rings is 3. The molecule has 1 saturated heterocycles. The largest absolute Gasteiger partial charge is 0.573 e. The molecule has 1 unspecified atom stereocenters. The molecule has 1 aliphatic heterocycles. The molecule has 16 heteroatoms. The Morgan fingerprint density at radius 2 is 1.76 bits per heavy atom. The summed E-state index contributed by atoms with van der Waals surface area (Å²) in [5, 5.41) is 9.97. The van der Waals surface area contributed by atoms with Crippen molar-refractivity contribution in [3.63, 3.8) is 0 Å². The number of hydrogen-bond acceptors (Lipinski definition) is 8. The highest BCUT2D eigenvalue weighted by Crippen LogP contribution is 2.30. The van der Waals surface area contributed by atoms with Gasteiger partial charge in [0.25, 0.3) is 0 Å². The summed E-state index contributed by atoms with van der Waals surface area (Å²) in [5.41, 5.74) is 3.74. The quantitative estimate of drug-likeness (QED) is 0.176. The third-order valence-corrected chi connectivity index (χ3v) is 8.17. The first kappa shape index (κ1) is 34.9. The number of para-hydroxylation sites is 1. The number of ether oxygens (including phenoxy) is 2. The van der Waals surface area contributed by atoms with Crippen LogP contribution >= 0.6 is 11.8 Å². The summed E-state index contributed by atoms with van der Waals surface area (Å²) in [6.07, 6.45) is -2.52. The van der Waals surface area contributed by atoms with Crippen molar-refractivity contribution in [3.8, 4) is 22.8 Å². The summed E-state index contributed by atoms with van der Waals surface area (Å²) < 4.78 is 47.4. The van der Waals surface area contributed by atoms with Gasteiger partial charge in [0.2, 0.25) is 5.91 Å². The van der Waals surface area contributed by atoms with E-state index < -0.39 is 24.7 Å². The lowest BCUT2D eigenvalue weighted by Gasteiger charge is -2.21. The number of aromatic nitrogens is 3. The molecule has 1 aromatic heterocycles. The third kappa shape index (κ3) is 9.37. The molecule has 4 aromatic rings. The minimum atomic E-state index is -4.78. The molecule has 3 aromatic carbocycles. The molecule has 2 N–H and O–H groups in total. The number of hydrogen-bond donors (Lipinski definition) is 2. The van der Waals surface area contributed by atoms with E-state index in [0.717, 1.165) is 24.0 Å². The second-order valence-corrected chi connectivity index (χ2v) is 11.7. The van der Waals surface area contributed by atoms with Crippen LogP contribution in [0.15, 0.2) is 84.1 Å².